The molecule has 8 rings (SSSR count). The number of hydrogen-bond acceptors (Lipinski definition) is 10. The van der Waals surface area contributed by atoms with E-state index in [9.17, 15) is 27.6 Å². The molecule has 2 unspecified atom stereocenters. The van der Waals surface area contributed by atoms with Gasteiger partial charge < -0.3 is 24.8 Å². The minimum absolute atomic E-state index is 0.00150. The highest BCUT2D eigenvalue weighted by Gasteiger charge is 2.65. The molecule has 6 aliphatic rings. The van der Waals surface area contributed by atoms with Crippen LogP contribution in [0, 0.1) is 12.8 Å². The van der Waals surface area contributed by atoms with Crippen molar-refractivity contribution in [3.05, 3.63) is 77.2 Å². The van der Waals surface area contributed by atoms with Crippen molar-refractivity contribution in [1.29, 1.82) is 0 Å². The van der Waals surface area contributed by atoms with E-state index in [0.29, 0.717) is 37.3 Å². The lowest BCUT2D eigenvalue weighted by molar-refractivity contribution is -0.141. The lowest BCUT2D eigenvalue weighted by atomic mass is 9.83. The summed E-state index contributed by atoms with van der Waals surface area (Å²) in [4.78, 5) is 62.3. The first-order chi connectivity index (χ1) is 26.7. The van der Waals surface area contributed by atoms with Gasteiger partial charge in [-0.2, -0.15) is 0 Å². The molecule has 2 saturated carbocycles. The summed E-state index contributed by atoms with van der Waals surface area (Å²) in [5.74, 6) is -6.75. The van der Waals surface area contributed by atoms with Crippen molar-refractivity contribution < 1.29 is 45.6 Å². The van der Waals surface area contributed by atoms with Gasteiger partial charge in [0.2, 0.25) is 33.7 Å². The number of allylic oxidation sites excluding steroid dienone is 2. The lowest BCUT2D eigenvalue weighted by Gasteiger charge is -2.30. The van der Waals surface area contributed by atoms with Gasteiger partial charge >= 0.3 is 0 Å². The molecule has 3 aliphatic carbocycles. The van der Waals surface area contributed by atoms with E-state index in [1.165, 1.54) is 11.0 Å². The predicted molar refractivity (Wildman–Crippen MR) is 197 cm³/mol. The molecule has 0 bridgehead atoms. The maximum Gasteiger partial charge on any atom is 0.274 e. The van der Waals surface area contributed by atoms with Crippen LogP contribution in [-0.2, 0) is 29.1 Å². The van der Waals surface area contributed by atoms with Crippen molar-refractivity contribution in [2.75, 3.05) is 6.54 Å². The number of rotatable bonds is 6. The Hall–Kier alpha value is -4.93. The molecule has 17 heteroatoms. The van der Waals surface area contributed by atoms with E-state index < -0.39 is 87.3 Å². The number of ether oxygens (including phenoxy) is 1. The lowest BCUT2D eigenvalue weighted by Crippen LogP contribution is -2.58. The summed E-state index contributed by atoms with van der Waals surface area (Å²) >= 11 is 0. The van der Waals surface area contributed by atoms with Gasteiger partial charge in [0.1, 0.15) is 29.5 Å². The zero-order valence-electron chi connectivity index (χ0n) is 30.8. The number of fused-ring (bicyclic) bond motifs is 5. The number of aliphatic imine (C=N–C) groups is 1. The number of aryl methyl sites for hydroxylation is 1. The summed E-state index contributed by atoms with van der Waals surface area (Å²) in [6, 6.07) is 6.40. The SMILES string of the molecule is Cc1cc(C(=O)N[C@H]2CCCCCC(F)(F)C[C@@H]3C[C@@]3(C(=O)NS(=O)(=O)C3CC3)NC(=O)[C@@H]3C[C@@H](OC4=NC5C=CC=CC5c5ccccc54)CN3C2=O)no1. The fourth-order valence-electron chi connectivity index (χ4n) is 8.40. The number of nitrogens with zero attached hydrogens (tertiary/aromatic N) is 3. The zero-order chi connectivity index (χ0) is 39.4. The second kappa shape index (κ2) is 14.5. The normalized spacial score (nSPS) is 31.3. The van der Waals surface area contributed by atoms with Gasteiger partial charge in [-0.1, -0.05) is 60.5 Å². The van der Waals surface area contributed by atoms with Crippen molar-refractivity contribution in [2.45, 2.75) is 118 Å². The number of amides is 4. The van der Waals surface area contributed by atoms with Crippen molar-refractivity contribution in [3.8, 4) is 0 Å². The summed E-state index contributed by atoms with van der Waals surface area (Å²) in [5, 5.41) is 8.36. The van der Waals surface area contributed by atoms with Crippen LogP contribution in [0.2, 0.25) is 0 Å². The van der Waals surface area contributed by atoms with Crippen LogP contribution in [0.15, 0.2) is 64.2 Å². The van der Waals surface area contributed by atoms with Crippen LogP contribution >= 0.6 is 0 Å². The van der Waals surface area contributed by atoms with Crippen LogP contribution in [0.5, 0.6) is 0 Å². The van der Waals surface area contributed by atoms with Crippen molar-refractivity contribution in [3.63, 3.8) is 0 Å². The first-order valence-electron chi connectivity index (χ1n) is 19.2. The van der Waals surface area contributed by atoms with E-state index in [-0.39, 0.29) is 49.9 Å². The Kier molecular flexibility index (Phi) is 9.86. The fraction of sp³-hybridized carbons (Fsp3) is 0.538. The number of sulfonamides is 1. The Morgan fingerprint density at radius 1 is 1.05 bits per heavy atom. The molecule has 4 heterocycles. The standard InChI is InChI=1S/C39H44F2N6O8S/c1-22-17-31(45-55-22)33(48)42-30-13-3-2-8-16-38(40,41)19-23-20-39(23,37(51)46-56(52,53)25-14-15-25)44-34(49)32-18-24(21-47(32)36(30)50)54-35-28-11-5-4-9-26(28)27-10-6-7-12-29(27)43-35/h4-7,9-12,17,23-25,27,29-30,32H,2-3,8,13-16,18-21H2,1H3,(H,42,48)(H,44,49)(H,46,51)/t23-,24-,27?,29?,30+,32+,39-/m1/s1. The number of halogens is 2. The highest BCUT2D eigenvalue weighted by Crippen LogP contribution is 2.51. The molecule has 0 radical (unpaired) electrons. The Morgan fingerprint density at radius 2 is 1.84 bits per heavy atom. The summed E-state index contributed by atoms with van der Waals surface area (Å²) < 4.78 is 70.2. The number of carbonyl (C=O) groups excluding carboxylic acids is 4. The average Bonchev–Trinajstić information content (AvgIpc) is 4.04. The molecule has 56 heavy (non-hydrogen) atoms. The molecule has 4 amide bonds. The van der Waals surface area contributed by atoms with Gasteiger partial charge in [-0.25, -0.2) is 22.2 Å². The molecule has 1 aromatic carbocycles. The van der Waals surface area contributed by atoms with Crippen LogP contribution in [-0.4, -0.2) is 95.5 Å². The molecule has 7 atom stereocenters. The number of nitrogens with one attached hydrogen (secondary N) is 3. The quantitative estimate of drug-likeness (QED) is 0.393. The zero-order valence-corrected chi connectivity index (χ0v) is 31.6. The smallest absolute Gasteiger partial charge is 0.274 e. The van der Waals surface area contributed by atoms with E-state index in [1.54, 1.807) is 6.92 Å². The Bertz CT molecular complexity index is 2130. The van der Waals surface area contributed by atoms with Crippen LogP contribution < -0.4 is 15.4 Å². The number of carbonyl (C=O) groups is 4. The molecule has 1 aromatic heterocycles. The first-order valence-corrected chi connectivity index (χ1v) is 20.8. The van der Waals surface area contributed by atoms with Crippen molar-refractivity contribution >= 4 is 39.5 Å². The second-order valence-electron chi connectivity index (χ2n) is 15.8. The molecule has 3 N–H and O–H groups in total. The number of aromatic nitrogens is 1. The van der Waals surface area contributed by atoms with Gasteiger partial charge in [0.15, 0.2) is 5.69 Å². The number of benzene rings is 1. The molecule has 298 valence electrons. The van der Waals surface area contributed by atoms with Crippen LogP contribution in [0.1, 0.15) is 97.5 Å². The summed E-state index contributed by atoms with van der Waals surface area (Å²) in [6.45, 7) is 1.51. The average molecular weight is 795 g/mol. The minimum atomic E-state index is -4.08. The largest absolute Gasteiger partial charge is 0.472 e. The van der Waals surface area contributed by atoms with Gasteiger partial charge in [-0.15, -0.1) is 0 Å². The maximum atomic E-state index is 15.4. The van der Waals surface area contributed by atoms with Gasteiger partial charge in [0, 0.05) is 36.8 Å². The molecular weight excluding hydrogens is 751 g/mol. The molecule has 2 aromatic rings. The Balaban J connectivity index is 1.11. The van der Waals surface area contributed by atoms with E-state index in [4.69, 9.17) is 14.3 Å². The Morgan fingerprint density at radius 3 is 2.61 bits per heavy atom. The van der Waals surface area contributed by atoms with E-state index in [1.807, 2.05) is 42.5 Å². The van der Waals surface area contributed by atoms with Crippen LogP contribution in [0.25, 0.3) is 0 Å². The van der Waals surface area contributed by atoms with Gasteiger partial charge in [-0.3, -0.25) is 23.9 Å². The molecule has 0 spiro atoms. The molecular formula is C39H44F2N6O8S. The fourth-order valence-corrected chi connectivity index (χ4v) is 9.77. The van der Waals surface area contributed by atoms with Gasteiger partial charge in [0.25, 0.3) is 11.8 Å². The molecule has 3 aliphatic heterocycles. The van der Waals surface area contributed by atoms with Gasteiger partial charge in [0.05, 0.1) is 17.8 Å². The van der Waals surface area contributed by atoms with E-state index in [2.05, 4.69) is 26.6 Å². The summed E-state index contributed by atoms with van der Waals surface area (Å²) in [5.41, 5.74) is -0.232. The van der Waals surface area contributed by atoms with Crippen molar-refractivity contribution in [1.82, 2.24) is 25.4 Å². The van der Waals surface area contributed by atoms with Gasteiger partial charge in [-0.05, 0) is 56.6 Å². The number of alkyl halides is 2. The topological polar surface area (TPSA) is 189 Å². The minimum Gasteiger partial charge on any atom is -0.472 e. The monoisotopic (exact) mass is 794 g/mol. The molecule has 14 nitrogen and oxygen atoms in total. The third kappa shape index (κ3) is 7.61. The highest BCUT2D eigenvalue weighted by molar-refractivity contribution is 7.91. The highest BCUT2D eigenvalue weighted by atomic mass is 32.2. The van der Waals surface area contributed by atoms with Crippen LogP contribution in [0.3, 0.4) is 0 Å². The summed E-state index contributed by atoms with van der Waals surface area (Å²) in [6.07, 6.45) is 7.14. The third-order valence-corrected chi connectivity index (χ3v) is 13.5. The second-order valence-corrected chi connectivity index (χ2v) is 17.8. The van der Waals surface area contributed by atoms with E-state index in [0.717, 1.165) is 11.1 Å². The molecule has 2 saturated heterocycles. The third-order valence-electron chi connectivity index (χ3n) is 11.6. The molecule has 4 fully saturated rings. The Labute approximate surface area is 322 Å². The summed E-state index contributed by atoms with van der Waals surface area (Å²) in [7, 11) is -4.08. The predicted octanol–water partition coefficient (Wildman–Crippen LogP) is 3.58. The van der Waals surface area contributed by atoms with Crippen LogP contribution in [0.4, 0.5) is 8.78 Å². The maximum absolute atomic E-state index is 15.4. The van der Waals surface area contributed by atoms with Crippen molar-refractivity contribution in [2.24, 2.45) is 10.9 Å². The van der Waals surface area contributed by atoms with E-state index >= 15 is 8.78 Å². The first kappa shape index (κ1) is 38.0. The number of hydrogen-bond donors (Lipinski definition) is 3.